The molecule has 1 atom stereocenters. The summed E-state index contributed by atoms with van der Waals surface area (Å²) in [5.41, 5.74) is 12.7. The highest BCUT2D eigenvalue weighted by Gasteiger charge is 2.48. The van der Waals surface area contributed by atoms with E-state index in [9.17, 15) is 38.4 Å². The highest BCUT2D eigenvalue weighted by molar-refractivity contribution is 6.35. The summed E-state index contributed by atoms with van der Waals surface area (Å²) < 4.78 is 0. The average molecular weight is 913 g/mol. The standard InChI is InChI=1S/C56H56N4O8/c1-9-37-23-33(19-31(7)51(37)57-45(61)15-16-46(57)62)21-34-20-32(8)52(38(10-2)24-34)59-49(65)29-43(55(59)67)44-30-50(66)60(56(44)68)54-41(13-5)27-36(28-42(54)14-6)22-35-25-39(11-3)53(40(12-4)26-35)58-47(63)17-18-48(58)64/h15-20,23-29,44H,9-14,21-22,30H2,1-8H3. The quantitative estimate of drug-likeness (QED) is 0.109. The van der Waals surface area contributed by atoms with E-state index in [1.807, 2.05) is 104 Å². The van der Waals surface area contributed by atoms with Crippen molar-refractivity contribution in [2.75, 3.05) is 19.6 Å². The van der Waals surface area contributed by atoms with Crippen molar-refractivity contribution in [1.82, 2.24) is 0 Å². The van der Waals surface area contributed by atoms with Gasteiger partial charge in [0, 0.05) is 42.4 Å². The Labute approximate surface area is 397 Å². The molecule has 0 saturated carbocycles. The molecule has 68 heavy (non-hydrogen) atoms. The Bertz CT molecular complexity index is 2920. The number of amides is 8. The normalized spacial score (nSPS) is 17.2. The van der Waals surface area contributed by atoms with Gasteiger partial charge in [-0.3, -0.25) is 38.4 Å². The van der Waals surface area contributed by atoms with Crippen molar-refractivity contribution in [3.63, 3.8) is 0 Å². The second-order valence-electron chi connectivity index (χ2n) is 17.9. The van der Waals surface area contributed by atoms with E-state index in [0.717, 1.165) is 66.1 Å². The highest BCUT2D eigenvalue weighted by atomic mass is 16.2. The van der Waals surface area contributed by atoms with Gasteiger partial charge in [0.25, 0.3) is 35.4 Å². The van der Waals surface area contributed by atoms with Gasteiger partial charge in [0.05, 0.1) is 28.7 Å². The maximum atomic E-state index is 14.5. The number of imide groups is 4. The van der Waals surface area contributed by atoms with Gasteiger partial charge in [0.1, 0.15) is 0 Å². The fourth-order valence-electron chi connectivity index (χ4n) is 10.5. The summed E-state index contributed by atoms with van der Waals surface area (Å²) in [6.07, 6.45) is 10.6. The summed E-state index contributed by atoms with van der Waals surface area (Å²) in [4.78, 5) is 112. The molecule has 4 aliphatic heterocycles. The molecule has 4 aromatic rings. The summed E-state index contributed by atoms with van der Waals surface area (Å²) in [5, 5.41) is 0. The molecule has 0 bridgehead atoms. The minimum absolute atomic E-state index is 0.00284. The van der Waals surface area contributed by atoms with E-state index in [4.69, 9.17) is 0 Å². The van der Waals surface area contributed by atoms with E-state index < -0.39 is 29.5 Å². The van der Waals surface area contributed by atoms with Crippen molar-refractivity contribution in [2.45, 2.75) is 113 Å². The Kier molecular flexibility index (Phi) is 13.0. The average Bonchev–Trinajstić information content (AvgIpc) is 4.02. The van der Waals surface area contributed by atoms with E-state index in [0.29, 0.717) is 79.7 Å². The van der Waals surface area contributed by atoms with Crippen molar-refractivity contribution in [1.29, 1.82) is 0 Å². The van der Waals surface area contributed by atoms with Crippen LogP contribution in [0, 0.1) is 19.8 Å². The van der Waals surface area contributed by atoms with Crippen LogP contribution in [0.25, 0.3) is 0 Å². The van der Waals surface area contributed by atoms with Crippen molar-refractivity contribution >= 4 is 70.0 Å². The lowest BCUT2D eigenvalue weighted by molar-refractivity contribution is -0.124. The third-order valence-electron chi connectivity index (χ3n) is 13.6. The van der Waals surface area contributed by atoms with Crippen molar-refractivity contribution in [2.24, 2.45) is 5.92 Å². The molecular formula is C56H56N4O8. The zero-order valence-electron chi connectivity index (χ0n) is 40.0. The maximum absolute atomic E-state index is 14.5. The van der Waals surface area contributed by atoms with Crippen LogP contribution in [0.2, 0.25) is 0 Å². The molecule has 1 unspecified atom stereocenters. The van der Waals surface area contributed by atoms with Crippen molar-refractivity contribution < 1.29 is 38.4 Å². The number of aryl methyl sites for hydroxylation is 8. The van der Waals surface area contributed by atoms with Crippen LogP contribution in [0.3, 0.4) is 0 Å². The zero-order valence-corrected chi connectivity index (χ0v) is 40.0. The van der Waals surface area contributed by atoms with E-state index >= 15 is 0 Å². The lowest BCUT2D eigenvalue weighted by Crippen LogP contribution is -2.36. The van der Waals surface area contributed by atoms with Gasteiger partial charge in [-0.05, 0) is 132 Å². The third-order valence-corrected chi connectivity index (χ3v) is 13.6. The van der Waals surface area contributed by atoms with Crippen LogP contribution >= 0.6 is 0 Å². The van der Waals surface area contributed by atoms with Gasteiger partial charge in [0.15, 0.2) is 0 Å². The molecule has 4 heterocycles. The number of nitrogens with zero attached hydrogens (tertiary/aromatic N) is 4. The predicted molar refractivity (Wildman–Crippen MR) is 262 cm³/mol. The number of hydrogen-bond acceptors (Lipinski definition) is 8. The summed E-state index contributed by atoms with van der Waals surface area (Å²) in [6.45, 7) is 15.6. The molecule has 0 aromatic heterocycles. The third kappa shape index (κ3) is 8.15. The molecule has 4 aliphatic rings. The van der Waals surface area contributed by atoms with Gasteiger partial charge >= 0.3 is 0 Å². The van der Waals surface area contributed by atoms with Gasteiger partial charge in [-0.2, -0.15) is 0 Å². The molecule has 12 heteroatoms. The number of carbonyl (C=O) groups is 8. The molecule has 1 fully saturated rings. The molecule has 0 aliphatic carbocycles. The zero-order chi connectivity index (χ0) is 48.9. The minimum Gasteiger partial charge on any atom is -0.274 e. The SMILES string of the molecule is CCc1cc(Cc2cc(C)c(N3C(=O)C=C(C4CC(=O)N(c5c(CC)cc(Cc6cc(CC)c(N7C(=O)C=CC7=O)c(CC)c6)cc5CC)C4=O)C3=O)c(CC)c2)cc(C)c1N1C(=O)C=CC1=O. The van der Waals surface area contributed by atoms with Crippen LogP contribution in [0.4, 0.5) is 22.7 Å². The number of hydrogen-bond donors (Lipinski definition) is 0. The van der Waals surface area contributed by atoms with Crippen molar-refractivity contribution in [3.8, 4) is 0 Å². The fraction of sp³-hybridized carbons (Fsp3) is 0.321. The molecule has 12 nitrogen and oxygen atoms in total. The Morgan fingerprint density at radius 3 is 1.12 bits per heavy atom. The molecule has 8 amide bonds. The number of benzene rings is 4. The van der Waals surface area contributed by atoms with Crippen LogP contribution < -0.4 is 19.6 Å². The maximum Gasteiger partial charge on any atom is 0.262 e. The minimum atomic E-state index is -1.13. The van der Waals surface area contributed by atoms with Gasteiger partial charge in [-0.15, -0.1) is 0 Å². The van der Waals surface area contributed by atoms with E-state index in [-0.39, 0.29) is 35.6 Å². The van der Waals surface area contributed by atoms with E-state index in [1.54, 1.807) is 0 Å². The molecule has 0 spiro atoms. The van der Waals surface area contributed by atoms with Gasteiger partial charge in [0.2, 0.25) is 11.8 Å². The molecular weight excluding hydrogens is 857 g/mol. The number of rotatable bonds is 15. The topological polar surface area (TPSA) is 150 Å². The first-order valence-electron chi connectivity index (χ1n) is 23.7. The second-order valence-corrected chi connectivity index (χ2v) is 17.9. The molecule has 1 saturated heterocycles. The van der Waals surface area contributed by atoms with Crippen molar-refractivity contribution in [3.05, 3.63) is 151 Å². The van der Waals surface area contributed by atoms with Crippen LogP contribution in [0.1, 0.15) is 115 Å². The Balaban J connectivity index is 1.04. The lowest BCUT2D eigenvalue weighted by atomic mass is 9.91. The molecule has 0 radical (unpaired) electrons. The van der Waals surface area contributed by atoms with Gasteiger partial charge in [-0.25, -0.2) is 19.6 Å². The summed E-state index contributed by atoms with van der Waals surface area (Å²) in [5.74, 6) is -4.73. The van der Waals surface area contributed by atoms with E-state index in [1.165, 1.54) is 45.1 Å². The second kappa shape index (κ2) is 18.7. The first-order valence-corrected chi connectivity index (χ1v) is 23.7. The van der Waals surface area contributed by atoms with Gasteiger partial charge < -0.3 is 0 Å². The highest BCUT2D eigenvalue weighted by Crippen LogP contribution is 2.41. The smallest absolute Gasteiger partial charge is 0.262 e. The van der Waals surface area contributed by atoms with Gasteiger partial charge in [-0.1, -0.05) is 90.1 Å². The molecule has 4 aromatic carbocycles. The fourth-order valence-corrected chi connectivity index (χ4v) is 10.5. The summed E-state index contributed by atoms with van der Waals surface area (Å²) in [6, 6.07) is 16.0. The molecule has 348 valence electrons. The van der Waals surface area contributed by atoms with Crippen LogP contribution in [0.15, 0.2) is 84.5 Å². The Morgan fingerprint density at radius 1 is 0.412 bits per heavy atom. The summed E-state index contributed by atoms with van der Waals surface area (Å²) >= 11 is 0. The predicted octanol–water partition coefficient (Wildman–Crippen LogP) is 8.10. The monoisotopic (exact) mass is 912 g/mol. The Hall–Kier alpha value is -7.34. The van der Waals surface area contributed by atoms with Crippen LogP contribution in [0.5, 0.6) is 0 Å². The number of carbonyl (C=O) groups excluding carboxylic acids is 8. The molecule has 0 N–H and O–H groups in total. The Morgan fingerprint density at radius 2 is 0.735 bits per heavy atom. The lowest BCUT2D eigenvalue weighted by Gasteiger charge is -2.25. The molecule has 8 rings (SSSR count). The first kappa shape index (κ1) is 47.2. The summed E-state index contributed by atoms with van der Waals surface area (Å²) in [7, 11) is 0. The largest absolute Gasteiger partial charge is 0.274 e. The van der Waals surface area contributed by atoms with Crippen LogP contribution in [-0.2, 0) is 89.7 Å². The van der Waals surface area contributed by atoms with Crippen LogP contribution in [-0.4, -0.2) is 47.3 Å². The first-order chi connectivity index (χ1) is 32.6. The van der Waals surface area contributed by atoms with E-state index in [2.05, 4.69) is 0 Å². The number of anilines is 4.